The largest absolute Gasteiger partial charge is 0.495 e. The van der Waals surface area contributed by atoms with Crippen molar-refractivity contribution in [2.24, 2.45) is 0 Å². The average Bonchev–Trinajstić information content (AvgIpc) is 2.74. The molecule has 0 atom stereocenters. The number of benzene rings is 1. The third-order valence-electron chi connectivity index (χ3n) is 2.65. The van der Waals surface area contributed by atoms with E-state index in [9.17, 15) is 0 Å². The lowest BCUT2D eigenvalue weighted by atomic mass is 10.2. The molecule has 0 fully saturated rings. The minimum Gasteiger partial charge on any atom is -0.495 e. The zero-order valence-electron chi connectivity index (χ0n) is 8.86. The normalized spacial score (nSPS) is 15.5. The second kappa shape index (κ2) is 4.26. The summed E-state index contributed by atoms with van der Waals surface area (Å²) in [6.45, 7) is 0. The van der Waals surface area contributed by atoms with Crippen LogP contribution in [0.3, 0.4) is 0 Å². The fourth-order valence-corrected chi connectivity index (χ4v) is 1.80. The Morgan fingerprint density at radius 2 is 2.07 bits per heavy atom. The second-order valence-electron chi connectivity index (χ2n) is 3.71. The molecular formula is C12H16N2O. The Hall–Kier alpha value is -1.64. The molecule has 1 aromatic carbocycles. The maximum Gasteiger partial charge on any atom is 0.143 e. The van der Waals surface area contributed by atoms with Crippen molar-refractivity contribution in [3.63, 3.8) is 0 Å². The molecule has 1 aliphatic carbocycles. The summed E-state index contributed by atoms with van der Waals surface area (Å²) in [7, 11) is 1.63. The zero-order chi connectivity index (χ0) is 10.7. The summed E-state index contributed by atoms with van der Waals surface area (Å²) in [6.07, 6.45) is 6.51. The highest BCUT2D eigenvalue weighted by molar-refractivity contribution is 5.73. The predicted molar refractivity (Wildman–Crippen MR) is 63.2 cm³/mol. The Morgan fingerprint density at radius 1 is 1.33 bits per heavy atom. The van der Waals surface area contributed by atoms with Crippen LogP contribution in [0.5, 0.6) is 5.75 Å². The number of hydrogen-bond donors (Lipinski definition) is 2. The highest BCUT2D eigenvalue weighted by Crippen LogP contribution is 2.30. The summed E-state index contributed by atoms with van der Waals surface area (Å²) in [4.78, 5) is 0. The number of methoxy groups -OCH3 is 1. The Bertz CT molecular complexity index is 366. The van der Waals surface area contributed by atoms with Crippen molar-refractivity contribution in [1.29, 1.82) is 0 Å². The predicted octanol–water partition coefficient (Wildman–Crippen LogP) is 2.41. The fraction of sp³-hybridized carbons (Fsp3) is 0.333. The first-order chi connectivity index (χ1) is 7.31. The van der Waals surface area contributed by atoms with Crippen LogP contribution in [0.4, 0.5) is 11.4 Å². The van der Waals surface area contributed by atoms with E-state index >= 15 is 0 Å². The molecule has 0 aliphatic heterocycles. The van der Waals surface area contributed by atoms with Gasteiger partial charge in [-0.15, -0.1) is 0 Å². The number of anilines is 2. The van der Waals surface area contributed by atoms with Gasteiger partial charge in [0.15, 0.2) is 0 Å². The van der Waals surface area contributed by atoms with Crippen molar-refractivity contribution < 1.29 is 4.74 Å². The lowest BCUT2D eigenvalue weighted by Gasteiger charge is -2.16. The molecule has 0 unspecified atom stereocenters. The van der Waals surface area contributed by atoms with Gasteiger partial charge in [-0.05, 0) is 25.0 Å². The fourth-order valence-electron chi connectivity index (χ4n) is 1.80. The molecule has 15 heavy (non-hydrogen) atoms. The zero-order valence-corrected chi connectivity index (χ0v) is 8.86. The quantitative estimate of drug-likeness (QED) is 0.587. The third kappa shape index (κ3) is 2.06. The van der Waals surface area contributed by atoms with Gasteiger partial charge in [0.2, 0.25) is 0 Å². The van der Waals surface area contributed by atoms with Gasteiger partial charge in [-0.2, -0.15) is 0 Å². The number of nitrogens with one attached hydrogen (secondary N) is 1. The van der Waals surface area contributed by atoms with Crippen molar-refractivity contribution in [2.45, 2.75) is 18.9 Å². The monoisotopic (exact) mass is 204 g/mol. The van der Waals surface area contributed by atoms with Crippen molar-refractivity contribution in [3.05, 3.63) is 30.4 Å². The van der Waals surface area contributed by atoms with Crippen LogP contribution >= 0.6 is 0 Å². The lowest BCUT2D eigenvalue weighted by molar-refractivity contribution is 0.417. The van der Waals surface area contributed by atoms with Gasteiger partial charge in [-0.3, -0.25) is 0 Å². The molecule has 0 heterocycles. The van der Waals surface area contributed by atoms with E-state index in [4.69, 9.17) is 10.5 Å². The van der Waals surface area contributed by atoms with Gasteiger partial charge in [0.1, 0.15) is 5.75 Å². The van der Waals surface area contributed by atoms with Crippen LogP contribution < -0.4 is 15.8 Å². The van der Waals surface area contributed by atoms with Gasteiger partial charge in [0.05, 0.1) is 18.5 Å². The molecule has 0 bridgehead atoms. The number of ether oxygens (including phenoxy) is 1. The number of para-hydroxylation sites is 1. The molecule has 0 saturated carbocycles. The molecule has 0 saturated heterocycles. The molecule has 0 aromatic heterocycles. The number of nitrogens with two attached hydrogens (primary N) is 1. The lowest BCUT2D eigenvalue weighted by Crippen LogP contribution is -2.16. The number of hydrogen-bond acceptors (Lipinski definition) is 3. The van der Waals surface area contributed by atoms with E-state index in [2.05, 4.69) is 17.5 Å². The van der Waals surface area contributed by atoms with E-state index in [1.807, 2.05) is 18.2 Å². The summed E-state index contributed by atoms with van der Waals surface area (Å²) in [6, 6.07) is 6.27. The number of nitrogen functional groups attached to an aromatic ring is 1. The van der Waals surface area contributed by atoms with Crippen molar-refractivity contribution in [2.75, 3.05) is 18.2 Å². The van der Waals surface area contributed by atoms with E-state index in [0.717, 1.165) is 24.3 Å². The minimum absolute atomic E-state index is 0.472. The van der Waals surface area contributed by atoms with Crippen LogP contribution in [0.2, 0.25) is 0 Å². The first kappa shape index (κ1) is 9.90. The molecule has 80 valence electrons. The Labute approximate surface area is 89.9 Å². The van der Waals surface area contributed by atoms with Crippen molar-refractivity contribution >= 4 is 11.4 Å². The van der Waals surface area contributed by atoms with Crippen LogP contribution in [-0.4, -0.2) is 13.2 Å². The van der Waals surface area contributed by atoms with Gasteiger partial charge in [0, 0.05) is 6.04 Å². The van der Waals surface area contributed by atoms with Gasteiger partial charge in [-0.25, -0.2) is 0 Å². The first-order valence-electron chi connectivity index (χ1n) is 5.15. The standard InChI is InChI=1S/C12H16N2O/c1-15-11-8-4-7-10(12(11)13)14-9-5-2-3-6-9/h2-4,7-9,14H,5-6,13H2,1H3. The number of rotatable bonds is 3. The molecule has 0 spiro atoms. The Morgan fingerprint density at radius 3 is 2.73 bits per heavy atom. The van der Waals surface area contributed by atoms with Crippen molar-refractivity contribution in [1.82, 2.24) is 0 Å². The molecule has 3 nitrogen and oxygen atoms in total. The maximum absolute atomic E-state index is 5.96. The molecule has 0 radical (unpaired) electrons. The molecule has 1 aromatic rings. The van der Waals surface area contributed by atoms with Crippen molar-refractivity contribution in [3.8, 4) is 5.75 Å². The molecule has 0 amide bonds. The SMILES string of the molecule is COc1cccc(NC2CC=CC2)c1N. The first-order valence-corrected chi connectivity index (χ1v) is 5.15. The van der Waals surface area contributed by atoms with E-state index in [1.54, 1.807) is 7.11 Å². The van der Waals surface area contributed by atoms with E-state index < -0.39 is 0 Å². The van der Waals surface area contributed by atoms with Gasteiger partial charge >= 0.3 is 0 Å². The Kier molecular flexibility index (Phi) is 2.81. The van der Waals surface area contributed by atoms with E-state index in [-0.39, 0.29) is 0 Å². The summed E-state index contributed by atoms with van der Waals surface area (Å²) < 4.78 is 5.17. The second-order valence-corrected chi connectivity index (χ2v) is 3.71. The summed E-state index contributed by atoms with van der Waals surface area (Å²) in [5, 5.41) is 3.42. The molecule has 3 N–H and O–H groups in total. The summed E-state index contributed by atoms with van der Waals surface area (Å²) in [5.74, 6) is 0.728. The average molecular weight is 204 g/mol. The van der Waals surface area contributed by atoms with E-state index in [1.165, 1.54) is 0 Å². The van der Waals surface area contributed by atoms with Gasteiger partial charge < -0.3 is 15.8 Å². The molecular weight excluding hydrogens is 188 g/mol. The van der Waals surface area contributed by atoms with Crippen LogP contribution in [-0.2, 0) is 0 Å². The smallest absolute Gasteiger partial charge is 0.143 e. The molecule has 1 aliphatic rings. The molecule has 2 rings (SSSR count). The van der Waals surface area contributed by atoms with Gasteiger partial charge in [-0.1, -0.05) is 18.2 Å². The summed E-state index contributed by atoms with van der Waals surface area (Å²) in [5.41, 5.74) is 7.61. The van der Waals surface area contributed by atoms with Crippen LogP contribution in [0.15, 0.2) is 30.4 Å². The highest BCUT2D eigenvalue weighted by atomic mass is 16.5. The molecule has 3 heteroatoms. The topological polar surface area (TPSA) is 47.3 Å². The van der Waals surface area contributed by atoms with E-state index in [0.29, 0.717) is 11.7 Å². The minimum atomic E-state index is 0.472. The summed E-state index contributed by atoms with van der Waals surface area (Å²) >= 11 is 0. The van der Waals surface area contributed by atoms with Crippen LogP contribution in [0.25, 0.3) is 0 Å². The maximum atomic E-state index is 5.96. The van der Waals surface area contributed by atoms with Crippen LogP contribution in [0.1, 0.15) is 12.8 Å². The van der Waals surface area contributed by atoms with Gasteiger partial charge in [0.25, 0.3) is 0 Å². The third-order valence-corrected chi connectivity index (χ3v) is 2.65. The Balaban J connectivity index is 2.13. The highest BCUT2D eigenvalue weighted by Gasteiger charge is 2.12. The van der Waals surface area contributed by atoms with Crippen LogP contribution in [0, 0.1) is 0 Å².